The second-order valence-electron chi connectivity index (χ2n) is 3.42. The van der Waals surface area contributed by atoms with Crippen LogP contribution in [0.1, 0.15) is 13.3 Å². The Morgan fingerprint density at radius 1 is 1.56 bits per heavy atom. The second kappa shape index (κ2) is 6.80. The lowest BCUT2D eigenvalue weighted by Gasteiger charge is -2.07. The van der Waals surface area contributed by atoms with E-state index in [1.54, 1.807) is 6.92 Å². The van der Waals surface area contributed by atoms with Gasteiger partial charge < -0.3 is 10.1 Å². The summed E-state index contributed by atoms with van der Waals surface area (Å²) in [5, 5.41) is 13.7. The average Bonchev–Trinajstić information content (AvgIpc) is 2.29. The molecule has 0 radical (unpaired) electrons. The molecule has 1 aromatic carbocycles. The highest BCUT2D eigenvalue weighted by molar-refractivity contribution is 6.30. The summed E-state index contributed by atoms with van der Waals surface area (Å²) in [5.41, 5.74) is -0.171. The van der Waals surface area contributed by atoms with Crippen molar-refractivity contribution in [3.63, 3.8) is 0 Å². The quantitative estimate of drug-likeness (QED) is 0.635. The van der Waals surface area contributed by atoms with Gasteiger partial charge >= 0.3 is 5.69 Å². The Balaban J connectivity index is 2.63. The number of rotatable bonds is 6. The predicted octanol–water partition coefficient (Wildman–Crippen LogP) is 2.15. The number of hydrogen-bond acceptors (Lipinski definition) is 4. The van der Waals surface area contributed by atoms with E-state index in [0.29, 0.717) is 11.6 Å². The van der Waals surface area contributed by atoms with Crippen molar-refractivity contribution in [1.29, 1.82) is 0 Å². The highest BCUT2D eigenvalue weighted by atomic mass is 35.5. The summed E-state index contributed by atoms with van der Waals surface area (Å²) in [5.74, 6) is -0.0982. The van der Waals surface area contributed by atoms with Gasteiger partial charge in [0.05, 0.1) is 18.0 Å². The third-order valence-electron chi connectivity index (χ3n) is 2.08. The highest BCUT2D eigenvalue weighted by Gasteiger charge is 2.15. The predicted molar refractivity (Wildman–Crippen MR) is 66.9 cm³/mol. The molecule has 0 spiro atoms. The van der Waals surface area contributed by atoms with E-state index < -0.39 is 4.92 Å². The average molecular weight is 273 g/mol. The van der Waals surface area contributed by atoms with Crippen LogP contribution in [0.25, 0.3) is 0 Å². The molecule has 0 unspecified atom stereocenters. The van der Waals surface area contributed by atoms with E-state index in [4.69, 9.17) is 16.3 Å². The van der Waals surface area contributed by atoms with Crippen molar-refractivity contribution >= 4 is 23.2 Å². The van der Waals surface area contributed by atoms with E-state index in [1.807, 2.05) is 0 Å². The molecular formula is C11H13ClN2O4. The lowest BCUT2D eigenvalue weighted by molar-refractivity contribution is -0.385. The van der Waals surface area contributed by atoms with Crippen molar-refractivity contribution in [3.05, 3.63) is 33.3 Å². The molecule has 0 aromatic heterocycles. The number of carbonyl (C=O) groups is 1. The molecule has 0 saturated carbocycles. The van der Waals surface area contributed by atoms with Crippen LogP contribution in [0.2, 0.25) is 5.02 Å². The summed E-state index contributed by atoms with van der Waals surface area (Å²) in [4.78, 5) is 21.3. The van der Waals surface area contributed by atoms with Crippen LogP contribution in [0.5, 0.6) is 5.75 Å². The van der Waals surface area contributed by atoms with Gasteiger partial charge in [0.25, 0.3) is 0 Å². The molecule has 0 aliphatic carbocycles. The van der Waals surface area contributed by atoms with E-state index in [9.17, 15) is 14.9 Å². The third-order valence-corrected chi connectivity index (χ3v) is 2.31. The van der Waals surface area contributed by atoms with Crippen LogP contribution in [0, 0.1) is 10.1 Å². The van der Waals surface area contributed by atoms with E-state index >= 15 is 0 Å². The number of hydrogen-bond donors (Lipinski definition) is 1. The Labute approximate surface area is 109 Å². The van der Waals surface area contributed by atoms with Crippen molar-refractivity contribution < 1.29 is 14.5 Å². The van der Waals surface area contributed by atoms with Gasteiger partial charge in [-0.15, -0.1) is 0 Å². The maximum absolute atomic E-state index is 11.2. The number of nitrogens with one attached hydrogen (secondary N) is 1. The first-order valence-corrected chi connectivity index (χ1v) is 5.75. The Kier molecular flexibility index (Phi) is 5.38. The molecule has 1 N–H and O–H groups in total. The van der Waals surface area contributed by atoms with Crippen molar-refractivity contribution in [1.82, 2.24) is 5.32 Å². The molecule has 0 bridgehead atoms. The number of ether oxygens (including phenoxy) is 1. The van der Waals surface area contributed by atoms with Gasteiger partial charge in [-0.25, -0.2) is 0 Å². The van der Waals surface area contributed by atoms with Gasteiger partial charge in [-0.05, 0) is 13.0 Å². The zero-order valence-corrected chi connectivity index (χ0v) is 10.6. The number of amides is 1. The third kappa shape index (κ3) is 4.21. The van der Waals surface area contributed by atoms with Gasteiger partial charge in [0, 0.05) is 23.7 Å². The maximum Gasteiger partial charge on any atom is 0.311 e. The highest BCUT2D eigenvalue weighted by Crippen LogP contribution is 2.29. The molecule has 0 fully saturated rings. The van der Waals surface area contributed by atoms with E-state index in [1.165, 1.54) is 18.2 Å². The fourth-order valence-electron chi connectivity index (χ4n) is 1.29. The van der Waals surface area contributed by atoms with Crippen LogP contribution >= 0.6 is 11.6 Å². The first-order valence-electron chi connectivity index (χ1n) is 5.38. The maximum atomic E-state index is 11.2. The minimum Gasteiger partial charge on any atom is -0.486 e. The Hall–Kier alpha value is -1.82. The van der Waals surface area contributed by atoms with Crippen LogP contribution < -0.4 is 10.1 Å². The minimum atomic E-state index is -0.558. The van der Waals surface area contributed by atoms with Crippen molar-refractivity contribution in [2.45, 2.75) is 13.3 Å². The molecule has 0 aliphatic rings. The summed E-state index contributed by atoms with van der Waals surface area (Å²) >= 11 is 5.73. The zero-order chi connectivity index (χ0) is 13.5. The van der Waals surface area contributed by atoms with Crippen LogP contribution in [0.3, 0.4) is 0 Å². The number of benzene rings is 1. The Morgan fingerprint density at radius 3 is 2.89 bits per heavy atom. The molecule has 1 aromatic rings. The zero-order valence-electron chi connectivity index (χ0n) is 9.81. The smallest absolute Gasteiger partial charge is 0.311 e. The van der Waals surface area contributed by atoms with Crippen LogP contribution in [0.15, 0.2) is 18.2 Å². The molecule has 98 valence electrons. The van der Waals surface area contributed by atoms with E-state index in [0.717, 1.165) is 0 Å². The van der Waals surface area contributed by atoms with Crippen molar-refractivity contribution in [3.8, 4) is 5.75 Å². The van der Waals surface area contributed by atoms with Crippen LogP contribution in [0.4, 0.5) is 5.69 Å². The largest absolute Gasteiger partial charge is 0.486 e. The van der Waals surface area contributed by atoms with E-state index in [-0.39, 0.29) is 30.4 Å². The number of nitro benzene ring substituents is 1. The summed E-state index contributed by atoms with van der Waals surface area (Å²) in [6.45, 7) is 2.41. The second-order valence-corrected chi connectivity index (χ2v) is 3.86. The molecule has 18 heavy (non-hydrogen) atoms. The molecule has 1 amide bonds. The topological polar surface area (TPSA) is 81.5 Å². The fraction of sp³-hybridized carbons (Fsp3) is 0.364. The summed E-state index contributed by atoms with van der Waals surface area (Å²) in [6.07, 6.45) is 0.136. The van der Waals surface area contributed by atoms with Gasteiger partial charge in [-0.2, -0.15) is 0 Å². The lowest BCUT2D eigenvalue weighted by atomic mass is 10.3. The molecule has 0 saturated heterocycles. The number of nitrogens with zero attached hydrogens (tertiary/aromatic N) is 1. The summed E-state index contributed by atoms with van der Waals surface area (Å²) in [7, 11) is 0. The minimum absolute atomic E-state index is 0.0625. The number of nitro groups is 1. The summed E-state index contributed by atoms with van der Waals surface area (Å²) in [6, 6.07) is 4.04. The lowest BCUT2D eigenvalue weighted by Crippen LogP contribution is -2.24. The van der Waals surface area contributed by atoms with Gasteiger partial charge in [-0.3, -0.25) is 14.9 Å². The SMILES string of the molecule is CCNC(=O)CCOc1cc(Cl)ccc1[N+](=O)[O-]. The van der Waals surface area contributed by atoms with Crippen LogP contribution in [-0.2, 0) is 4.79 Å². The first-order chi connectivity index (χ1) is 8.54. The standard InChI is InChI=1S/C11H13ClN2O4/c1-2-13-11(15)5-6-18-10-7-8(12)3-4-9(10)14(16)17/h3-4,7H,2,5-6H2,1H3,(H,13,15). The molecule has 0 heterocycles. The van der Waals surface area contributed by atoms with Gasteiger partial charge in [-0.1, -0.05) is 11.6 Å². The van der Waals surface area contributed by atoms with Crippen molar-refractivity contribution in [2.75, 3.05) is 13.2 Å². The van der Waals surface area contributed by atoms with E-state index in [2.05, 4.69) is 5.32 Å². The molecular weight excluding hydrogens is 260 g/mol. The Bertz CT molecular complexity index is 451. The monoisotopic (exact) mass is 272 g/mol. The molecule has 1 rings (SSSR count). The fourth-order valence-corrected chi connectivity index (χ4v) is 1.46. The first kappa shape index (κ1) is 14.2. The Morgan fingerprint density at radius 2 is 2.28 bits per heavy atom. The normalized spacial score (nSPS) is 9.89. The number of carbonyl (C=O) groups excluding carboxylic acids is 1. The van der Waals surface area contributed by atoms with Gasteiger partial charge in [0.1, 0.15) is 0 Å². The molecule has 0 aliphatic heterocycles. The van der Waals surface area contributed by atoms with Crippen LogP contribution in [-0.4, -0.2) is 24.0 Å². The molecule has 0 atom stereocenters. The van der Waals surface area contributed by atoms with Gasteiger partial charge in [0.2, 0.25) is 5.91 Å². The van der Waals surface area contributed by atoms with Crippen molar-refractivity contribution in [2.24, 2.45) is 0 Å². The molecule has 7 heteroatoms. The number of halogens is 1. The summed E-state index contributed by atoms with van der Waals surface area (Å²) < 4.78 is 5.21. The van der Waals surface area contributed by atoms with Gasteiger partial charge in [0.15, 0.2) is 5.75 Å². The molecule has 6 nitrogen and oxygen atoms in total.